The number of carbonyl (C=O) groups excluding carboxylic acids is 1. The Kier molecular flexibility index (Phi) is 7.25. The van der Waals surface area contributed by atoms with Crippen LogP contribution in [0.2, 0.25) is 0 Å². The second-order valence-corrected chi connectivity index (χ2v) is 8.70. The van der Waals surface area contributed by atoms with Crippen molar-refractivity contribution < 1.29 is 22.7 Å². The molecule has 192 valence electrons. The van der Waals surface area contributed by atoms with Crippen molar-refractivity contribution in [1.29, 1.82) is 0 Å². The summed E-state index contributed by atoms with van der Waals surface area (Å²) in [5, 5.41) is 10.9. The first-order chi connectivity index (χ1) is 17.6. The Hall–Kier alpha value is -4.25. The molecule has 8 nitrogen and oxygen atoms in total. The standard InChI is InChI=1S/C26H25F3N6O2/c1-16-7-8-17(11-23(16)35-15-22(32-33-35)18-6-5-9-30-13-18)25(36)31-21-12-20(26(27,28)29)10-19(14-34(2)3)24(21)37-4/h5-13,15H,14H2,1-4H3,(H,31,36). The topological polar surface area (TPSA) is 85.2 Å². The quantitative estimate of drug-likeness (QED) is 0.378. The molecular formula is C26H25F3N6O2. The molecule has 0 saturated carbocycles. The van der Waals surface area contributed by atoms with E-state index < -0.39 is 17.6 Å². The van der Waals surface area contributed by atoms with Gasteiger partial charge in [0.05, 0.1) is 30.2 Å². The van der Waals surface area contributed by atoms with Gasteiger partial charge in [-0.15, -0.1) is 5.10 Å². The third-order valence-corrected chi connectivity index (χ3v) is 5.60. The summed E-state index contributed by atoms with van der Waals surface area (Å²) in [6.07, 6.45) is 0.439. The summed E-state index contributed by atoms with van der Waals surface area (Å²) in [5.74, 6) is -0.429. The predicted octanol–water partition coefficient (Wildman–Crippen LogP) is 4.98. The van der Waals surface area contributed by atoms with Crippen LogP contribution in [0.3, 0.4) is 0 Å². The van der Waals surface area contributed by atoms with E-state index in [-0.39, 0.29) is 23.5 Å². The van der Waals surface area contributed by atoms with Crippen molar-refractivity contribution in [3.8, 4) is 22.7 Å². The van der Waals surface area contributed by atoms with Crippen molar-refractivity contribution in [2.24, 2.45) is 0 Å². The highest BCUT2D eigenvalue weighted by Crippen LogP contribution is 2.38. The Morgan fingerprint density at radius 3 is 2.59 bits per heavy atom. The number of aromatic nitrogens is 4. The van der Waals surface area contributed by atoms with E-state index in [1.54, 1.807) is 61.9 Å². The molecule has 4 aromatic rings. The van der Waals surface area contributed by atoms with Gasteiger partial charge in [-0.2, -0.15) is 13.2 Å². The average molecular weight is 511 g/mol. The fourth-order valence-corrected chi connectivity index (χ4v) is 3.86. The van der Waals surface area contributed by atoms with Crippen LogP contribution in [0, 0.1) is 6.92 Å². The largest absolute Gasteiger partial charge is 0.494 e. The monoisotopic (exact) mass is 510 g/mol. The molecule has 0 radical (unpaired) electrons. The molecule has 2 aromatic heterocycles. The van der Waals surface area contributed by atoms with E-state index >= 15 is 0 Å². The molecule has 11 heteroatoms. The lowest BCUT2D eigenvalue weighted by molar-refractivity contribution is -0.137. The van der Waals surface area contributed by atoms with Crippen LogP contribution < -0.4 is 10.1 Å². The van der Waals surface area contributed by atoms with Gasteiger partial charge in [-0.25, -0.2) is 4.68 Å². The SMILES string of the molecule is COc1c(CN(C)C)cc(C(F)(F)F)cc1NC(=O)c1ccc(C)c(-n2cc(-c3cccnc3)nn2)c1. The summed E-state index contributed by atoms with van der Waals surface area (Å²) in [6.45, 7) is 2.04. The maximum atomic E-state index is 13.6. The van der Waals surface area contributed by atoms with E-state index in [0.717, 1.165) is 23.3 Å². The lowest BCUT2D eigenvalue weighted by Gasteiger charge is -2.20. The number of rotatable bonds is 7. The Morgan fingerprint density at radius 2 is 1.95 bits per heavy atom. The van der Waals surface area contributed by atoms with Gasteiger partial charge in [-0.05, 0) is 63.0 Å². The van der Waals surface area contributed by atoms with Gasteiger partial charge < -0.3 is 15.0 Å². The average Bonchev–Trinajstić information content (AvgIpc) is 3.34. The molecule has 37 heavy (non-hydrogen) atoms. The van der Waals surface area contributed by atoms with Crippen molar-refractivity contribution in [3.05, 3.63) is 83.3 Å². The van der Waals surface area contributed by atoms with Gasteiger partial charge in [-0.3, -0.25) is 9.78 Å². The third-order valence-electron chi connectivity index (χ3n) is 5.60. The second kappa shape index (κ2) is 10.4. The Morgan fingerprint density at radius 1 is 1.16 bits per heavy atom. The molecule has 4 rings (SSSR count). The van der Waals surface area contributed by atoms with Gasteiger partial charge in [-0.1, -0.05) is 11.3 Å². The van der Waals surface area contributed by atoms with Crippen LogP contribution in [-0.4, -0.2) is 52.0 Å². The number of ether oxygens (including phenoxy) is 1. The zero-order valence-electron chi connectivity index (χ0n) is 20.7. The van der Waals surface area contributed by atoms with Crippen LogP contribution in [0.25, 0.3) is 16.9 Å². The molecule has 0 saturated heterocycles. The van der Waals surface area contributed by atoms with Gasteiger partial charge in [0.15, 0.2) is 0 Å². The first-order valence-corrected chi connectivity index (χ1v) is 11.2. The van der Waals surface area contributed by atoms with Crippen molar-refractivity contribution in [1.82, 2.24) is 24.9 Å². The molecule has 0 fully saturated rings. The minimum Gasteiger partial charge on any atom is -0.494 e. The molecule has 2 heterocycles. The maximum absolute atomic E-state index is 13.6. The van der Waals surface area contributed by atoms with Gasteiger partial charge >= 0.3 is 6.18 Å². The van der Waals surface area contributed by atoms with E-state index in [2.05, 4.69) is 20.6 Å². The first kappa shape index (κ1) is 25.8. The number of carbonyl (C=O) groups is 1. The Labute approximate surface area is 211 Å². The fraction of sp³-hybridized carbons (Fsp3) is 0.231. The van der Waals surface area contributed by atoms with Crippen LogP contribution >= 0.6 is 0 Å². The van der Waals surface area contributed by atoms with E-state index in [4.69, 9.17) is 4.74 Å². The molecule has 1 amide bonds. The lowest BCUT2D eigenvalue weighted by Crippen LogP contribution is -2.18. The number of halogens is 3. The zero-order valence-corrected chi connectivity index (χ0v) is 20.7. The summed E-state index contributed by atoms with van der Waals surface area (Å²) in [7, 11) is 4.82. The van der Waals surface area contributed by atoms with Gasteiger partial charge in [0.25, 0.3) is 5.91 Å². The number of nitrogens with zero attached hydrogens (tertiary/aromatic N) is 5. The van der Waals surface area contributed by atoms with Crippen molar-refractivity contribution in [2.45, 2.75) is 19.6 Å². The Bertz CT molecular complexity index is 1420. The minimum atomic E-state index is -4.59. The van der Waals surface area contributed by atoms with Crippen LogP contribution in [0.5, 0.6) is 5.75 Å². The number of hydrogen-bond donors (Lipinski definition) is 1. The summed E-state index contributed by atoms with van der Waals surface area (Å²) in [6, 6.07) is 10.5. The highest BCUT2D eigenvalue weighted by molar-refractivity contribution is 6.05. The minimum absolute atomic E-state index is 0.0686. The molecule has 0 atom stereocenters. The molecule has 0 aliphatic heterocycles. The molecule has 0 bridgehead atoms. The number of anilines is 1. The highest BCUT2D eigenvalue weighted by atomic mass is 19.4. The van der Waals surface area contributed by atoms with Crippen LogP contribution in [-0.2, 0) is 12.7 Å². The molecule has 0 spiro atoms. The highest BCUT2D eigenvalue weighted by Gasteiger charge is 2.33. The third kappa shape index (κ3) is 5.78. The molecule has 2 aromatic carbocycles. The van der Waals surface area contributed by atoms with Crippen molar-refractivity contribution >= 4 is 11.6 Å². The maximum Gasteiger partial charge on any atom is 0.416 e. The number of nitrogens with one attached hydrogen (secondary N) is 1. The lowest BCUT2D eigenvalue weighted by atomic mass is 10.1. The number of hydrogen-bond acceptors (Lipinski definition) is 6. The number of methoxy groups -OCH3 is 1. The van der Waals surface area contributed by atoms with Crippen LogP contribution in [0.1, 0.15) is 27.0 Å². The molecular weight excluding hydrogens is 485 g/mol. The van der Waals surface area contributed by atoms with Crippen molar-refractivity contribution in [3.63, 3.8) is 0 Å². The molecule has 0 unspecified atom stereocenters. The first-order valence-electron chi connectivity index (χ1n) is 11.2. The molecule has 0 aliphatic rings. The van der Waals surface area contributed by atoms with Crippen LogP contribution in [0.4, 0.5) is 18.9 Å². The van der Waals surface area contributed by atoms with Crippen molar-refractivity contribution in [2.75, 3.05) is 26.5 Å². The van der Waals surface area contributed by atoms with E-state index in [1.807, 2.05) is 13.0 Å². The molecule has 1 N–H and O–H groups in total. The normalized spacial score (nSPS) is 11.6. The number of pyridine rings is 1. The van der Waals surface area contributed by atoms with E-state index in [0.29, 0.717) is 16.9 Å². The number of alkyl halides is 3. The van der Waals surface area contributed by atoms with Gasteiger partial charge in [0.2, 0.25) is 0 Å². The van der Waals surface area contributed by atoms with Crippen LogP contribution in [0.15, 0.2) is 61.1 Å². The van der Waals surface area contributed by atoms with Gasteiger partial charge in [0, 0.05) is 35.6 Å². The number of amides is 1. The smallest absolute Gasteiger partial charge is 0.416 e. The summed E-state index contributed by atoms with van der Waals surface area (Å²) in [5.41, 5.74) is 2.38. The fourth-order valence-electron chi connectivity index (χ4n) is 3.86. The zero-order chi connectivity index (χ0) is 26.7. The number of aryl methyl sites for hydroxylation is 1. The summed E-state index contributed by atoms with van der Waals surface area (Å²) >= 11 is 0. The molecule has 0 aliphatic carbocycles. The summed E-state index contributed by atoms with van der Waals surface area (Å²) < 4.78 is 47.8. The predicted molar refractivity (Wildman–Crippen MR) is 133 cm³/mol. The second-order valence-electron chi connectivity index (χ2n) is 8.70. The number of benzene rings is 2. The van der Waals surface area contributed by atoms with E-state index in [1.165, 1.54) is 11.8 Å². The summed E-state index contributed by atoms with van der Waals surface area (Å²) in [4.78, 5) is 19.0. The van der Waals surface area contributed by atoms with E-state index in [9.17, 15) is 18.0 Å². The van der Waals surface area contributed by atoms with Gasteiger partial charge in [0.1, 0.15) is 11.4 Å². The Balaban J connectivity index is 1.68.